The summed E-state index contributed by atoms with van der Waals surface area (Å²) in [5.41, 5.74) is -0.436. The first kappa shape index (κ1) is 20.8. The van der Waals surface area contributed by atoms with Crippen molar-refractivity contribution >= 4 is 17.7 Å². The zero-order valence-electron chi connectivity index (χ0n) is 14.8. The molecule has 0 unspecified atom stereocenters. The minimum atomic E-state index is -4.87. The number of rotatable bonds is 4. The van der Waals surface area contributed by atoms with Crippen molar-refractivity contribution in [2.75, 3.05) is 0 Å². The number of alkyl halides is 3. The molecular weight excluding hydrogens is 391 g/mol. The average molecular weight is 408 g/mol. The third-order valence-electron chi connectivity index (χ3n) is 3.53. The number of carbonyl (C=O) groups is 1. The molecule has 0 saturated heterocycles. The molecule has 0 bridgehead atoms. The van der Waals surface area contributed by atoms with Crippen molar-refractivity contribution in [2.45, 2.75) is 45.6 Å². The molecule has 0 aliphatic carbocycles. The molecule has 2 aromatic rings. The van der Waals surface area contributed by atoms with E-state index in [9.17, 15) is 23.1 Å². The number of carboxylic acid groups (broad SMARTS) is 1. The topological polar surface area (TPSA) is 88.7 Å². The fraction of sp³-hybridized carbons (Fsp3) is 0.438. The summed E-state index contributed by atoms with van der Waals surface area (Å²) in [5, 5.41) is 12.9. The number of ether oxygens (including phenoxy) is 1. The summed E-state index contributed by atoms with van der Waals surface area (Å²) in [4.78, 5) is 16.8. The zero-order valence-corrected chi connectivity index (χ0v) is 15.6. The minimum Gasteiger partial charge on any atom is -0.465 e. The third-order valence-corrected chi connectivity index (χ3v) is 3.83. The van der Waals surface area contributed by atoms with Crippen LogP contribution in [-0.4, -0.2) is 38.1 Å². The number of benzene rings is 1. The van der Waals surface area contributed by atoms with Crippen LogP contribution < -0.4 is 4.74 Å². The molecular formula is C16H17ClF3N3O4. The van der Waals surface area contributed by atoms with Crippen molar-refractivity contribution in [1.29, 1.82) is 0 Å². The second-order valence-electron chi connectivity index (χ2n) is 6.65. The highest BCUT2D eigenvalue weighted by molar-refractivity contribution is 6.32. The van der Waals surface area contributed by atoms with Crippen molar-refractivity contribution in [3.8, 4) is 17.1 Å². The molecule has 0 radical (unpaired) electrons. The van der Waals surface area contributed by atoms with Crippen LogP contribution in [0.5, 0.6) is 5.75 Å². The average Bonchev–Trinajstić information content (AvgIpc) is 2.96. The van der Waals surface area contributed by atoms with Crippen molar-refractivity contribution in [3.63, 3.8) is 0 Å². The lowest BCUT2D eigenvalue weighted by Gasteiger charge is -2.36. The first-order chi connectivity index (χ1) is 12.3. The van der Waals surface area contributed by atoms with Gasteiger partial charge in [0.15, 0.2) is 0 Å². The summed E-state index contributed by atoms with van der Waals surface area (Å²) < 4.78 is 45.8. The lowest BCUT2D eigenvalue weighted by atomic mass is 10.0. The normalized spacial score (nSPS) is 13.3. The quantitative estimate of drug-likeness (QED) is 0.755. The predicted octanol–water partition coefficient (Wildman–Crippen LogP) is 5.13. The van der Waals surface area contributed by atoms with Crippen LogP contribution in [0.3, 0.4) is 0 Å². The molecule has 1 heterocycles. The van der Waals surface area contributed by atoms with Crippen LogP contribution >= 0.6 is 11.6 Å². The van der Waals surface area contributed by atoms with Gasteiger partial charge in [0.05, 0.1) is 5.02 Å². The Hall–Kier alpha value is -2.49. The lowest BCUT2D eigenvalue weighted by Crippen LogP contribution is -2.46. The molecule has 148 valence electrons. The fourth-order valence-corrected chi connectivity index (χ4v) is 2.73. The Balaban J connectivity index is 2.30. The van der Waals surface area contributed by atoms with E-state index in [0.29, 0.717) is 0 Å². The molecule has 0 spiro atoms. The minimum absolute atomic E-state index is 0.0362. The Morgan fingerprint density at radius 2 is 1.96 bits per heavy atom. The van der Waals surface area contributed by atoms with E-state index in [-0.39, 0.29) is 22.3 Å². The number of aromatic nitrogens is 2. The van der Waals surface area contributed by atoms with Crippen LogP contribution in [0, 0.1) is 0 Å². The van der Waals surface area contributed by atoms with Gasteiger partial charge in [-0.15, -0.1) is 13.2 Å². The van der Waals surface area contributed by atoms with Gasteiger partial charge >= 0.3 is 12.5 Å². The van der Waals surface area contributed by atoms with Gasteiger partial charge in [-0.3, -0.25) is 4.90 Å². The van der Waals surface area contributed by atoms with Crippen LogP contribution in [0.1, 0.15) is 39.6 Å². The maximum Gasteiger partial charge on any atom is 0.573 e. The third kappa shape index (κ3) is 5.03. The first-order valence-electron chi connectivity index (χ1n) is 7.71. The van der Waals surface area contributed by atoms with Crippen LogP contribution in [0.15, 0.2) is 22.7 Å². The van der Waals surface area contributed by atoms with Gasteiger partial charge in [0.25, 0.3) is 0 Å². The number of amides is 1. The summed E-state index contributed by atoms with van der Waals surface area (Å²) in [6.45, 7) is 6.74. The van der Waals surface area contributed by atoms with Crippen molar-refractivity contribution in [3.05, 3.63) is 29.1 Å². The number of halogens is 4. The van der Waals surface area contributed by atoms with E-state index < -0.39 is 29.8 Å². The Kier molecular flexibility index (Phi) is 5.60. The summed E-state index contributed by atoms with van der Waals surface area (Å²) in [6.07, 6.45) is -6.03. The van der Waals surface area contributed by atoms with Gasteiger partial charge < -0.3 is 14.4 Å². The molecule has 1 aromatic carbocycles. The van der Waals surface area contributed by atoms with Gasteiger partial charge in [0.1, 0.15) is 11.8 Å². The van der Waals surface area contributed by atoms with Crippen LogP contribution in [0.4, 0.5) is 18.0 Å². The summed E-state index contributed by atoms with van der Waals surface area (Å²) >= 11 is 5.81. The van der Waals surface area contributed by atoms with E-state index in [1.165, 1.54) is 12.1 Å². The lowest BCUT2D eigenvalue weighted by molar-refractivity contribution is -0.274. The summed E-state index contributed by atoms with van der Waals surface area (Å²) in [7, 11) is 0. The molecule has 2 rings (SSSR count). The highest BCUT2D eigenvalue weighted by Gasteiger charge is 2.35. The number of hydrogen-bond donors (Lipinski definition) is 1. The van der Waals surface area contributed by atoms with Crippen LogP contribution in [0.25, 0.3) is 11.4 Å². The van der Waals surface area contributed by atoms with E-state index >= 15 is 0 Å². The van der Waals surface area contributed by atoms with Gasteiger partial charge in [0.2, 0.25) is 11.7 Å². The molecule has 1 atom stereocenters. The predicted molar refractivity (Wildman–Crippen MR) is 89.5 cm³/mol. The van der Waals surface area contributed by atoms with E-state index in [1.54, 1.807) is 27.7 Å². The van der Waals surface area contributed by atoms with Crippen molar-refractivity contribution < 1.29 is 32.3 Å². The van der Waals surface area contributed by atoms with E-state index in [4.69, 9.17) is 16.1 Å². The maximum atomic E-state index is 12.3. The summed E-state index contributed by atoms with van der Waals surface area (Å²) in [6, 6.07) is 2.77. The van der Waals surface area contributed by atoms with Gasteiger partial charge in [-0.1, -0.05) is 16.8 Å². The molecule has 0 aliphatic heterocycles. The molecule has 0 aliphatic rings. The first-order valence-corrected chi connectivity index (χ1v) is 8.09. The fourth-order valence-electron chi connectivity index (χ4n) is 2.51. The smallest absolute Gasteiger partial charge is 0.465 e. The SMILES string of the molecule is C[C@@H](c1nc(-c2ccc(OC(F)(F)F)c(Cl)c2)no1)N(C(=O)O)C(C)(C)C. The van der Waals surface area contributed by atoms with Crippen LogP contribution in [0.2, 0.25) is 5.02 Å². The molecule has 1 amide bonds. The van der Waals surface area contributed by atoms with Gasteiger partial charge in [-0.05, 0) is 45.9 Å². The van der Waals surface area contributed by atoms with Gasteiger partial charge in [-0.2, -0.15) is 4.98 Å². The highest BCUT2D eigenvalue weighted by atomic mass is 35.5. The van der Waals surface area contributed by atoms with E-state index in [1.807, 2.05) is 0 Å². The molecule has 11 heteroatoms. The van der Waals surface area contributed by atoms with E-state index in [0.717, 1.165) is 11.0 Å². The number of hydrogen-bond acceptors (Lipinski definition) is 5. The molecule has 1 aromatic heterocycles. The largest absolute Gasteiger partial charge is 0.573 e. The number of nitrogens with zero attached hydrogens (tertiary/aromatic N) is 3. The Morgan fingerprint density at radius 1 is 1.33 bits per heavy atom. The Morgan fingerprint density at radius 3 is 2.44 bits per heavy atom. The second kappa shape index (κ2) is 7.26. The highest BCUT2D eigenvalue weighted by Crippen LogP contribution is 2.34. The van der Waals surface area contributed by atoms with Gasteiger partial charge in [-0.25, -0.2) is 4.79 Å². The Labute approximate surface area is 157 Å². The zero-order chi connectivity index (χ0) is 20.6. The molecule has 1 N–H and O–H groups in total. The second-order valence-corrected chi connectivity index (χ2v) is 7.06. The molecule has 27 heavy (non-hydrogen) atoms. The standard InChI is InChI=1S/C16H17ClF3N3O4/c1-8(23(14(24)25)15(2,3)4)13-21-12(22-27-13)9-5-6-11(10(17)7-9)26-16(18,19)20/h5-8H,1-4H3,(H,24,25)/t8-/m0/s1. The Bertz CT molecular complexity index is 833. The molecule has 0 saturated carbocycles. The molecule has 7 nitrogen and oxygen atoms in total. The maximum absolute atomic E-state index is 12.3. The van der Waals surface area contributed by atoms with Gasteiger partial charge in [0, 0.05) is 11.1 Å². The van der Waals surface area contributed by atoms with Crippen molar-refractivity contribution in [2.24, 2.45) is 0 Å². The van der Waals surface area contributed by atoms with Crippen molar-refractivity contribution in [1.82, 2.24) is 15.0 Å². The monoisotopic (exact) mass is 407 g/mol. The van der Waals surface area contributed by atoms with E-state index in [2.05, 4.69) is 14.9 Å². The molecule has 0 fully saturated rings. The van der Waals surface area contributed by atoms with Crippen LogP contribution in [-0.2, 0) is 0 Å². The summed E-state index contributed by atoms with van der Waals surface area (Å²) in [5.74, 6) is -0.472.